The lowest BCUT2D eigenvalue weighted by molar-refractivity contribution is 0.0809. The van der Waals surface area contributed by atoms with Gasteiger partial charge in [-0.15, -0.1) is 0 Å². The summed E-state index contributed by atoms with van der Waals surface area (Å²) in [7, 11) is 0. The standard InChI is InChI=1S/C8H12O2S2/c1-12-7(11)10-5-8-2-6(3-8)9-4-8/h6H,2-5H2,1H3. The molecule has 3 rings (SSSR count). The largest absolute Gasteiger partial charge is 0.478 e. The van der Waals surface area contributed by atoms with E-state index in [1.807, 2.05) is 6.26 Å². The zero-order chi connectivity index (χ0) is 8.60. The molecule has 0 radical (unpaired) electrons. The number of thiocarbonyl (C=S) groups is 1. The van der Waals surface area contributed by atoms with Crippen molar-refractivity contribution in [3.8, 4) is 0 Å². The van der Waals surface area contributed by atoms with Gasteiger partial charge in [0, 0.05) is 5.41 Å². The van der Waals surface area contributed by atoms with Crippen molar-refractivity contribution in [1.29, 1.82) is 0 Å². The molecule has 1 saturated carbocycles. The maximum absolute atomic E-state index is 5.47. The fraction of sp³-hybridized carbons (Fsp3) is 0.875. The fourth-order valence-corrected chi connectivity index (χ4v) is 2.10. The highest BCUT2D eigenvalue weighted by Crippen LogP contribution is 2.50. The van der Waals surface area contributed by atoms with Crippen molar-refractivity contribution < 1.29 is 9.47 Å². The zero-order valence-electron chi connectivity index (χ0n) is 7.04. The highest BCUT2D eigenvalue weighted by atomic mass is 32.2. The Kier molecular flexibility index (Phi) is 2.31. The minimum Gasteiger partial charge on any atom is -0.478 e. The molecule has 0 aromatic carbocycles. The lowest BCUT2D eigenvalue weighted by atomic mass is 9.71. The first-order chi connectivity index (χ1) is 5.74. The minimum absolute atomic E-state index is 0.324. The Morgan fingerprint density at radius 1 is 1.75 bits per heavy atom. The fourth-order valence-electron chi connectivity index (χ4n) is 1.87. The quantitative estimate of drug-likeness (QED) is 0.638. The van der Waals surface area contributed by atoms with Gasteiger partial charge in [-0.1, -0.05) is 11.8 Å². The molecule has 68 valence electrons. The number of thioether (sulfide) groups is 1. The normalized spacial score (nSPS) is 37.6. The van der Waals surface area contributed by atoms with Gasteiger partial charge in [0.25, 0.3) is 0 Å². The zero-order valence-corrected chi connectivity index (χ0v) is 8.67. The summed E-state index contributed by atoms with van der Waals surface area (Å²) in [6.07, 6.45) is 4.80. The highest BCUT2D eigenvalue weighted by molar-refractivity contribution is 8.22. The summed E-state index contributed by atoms with van der Waals surface area (Å²) in [5, 5.41) is 0. The van der Waals surface area contributed by atoms with E-state index in [-0.39, 0.29) is 0 Å². The Morgan fingerprint density at radius 2 is 2.50 bits per heavy atom. The molecule has 2 aliphatic heterocycles. The molecule has 0 unspecified atom stereocenters. The maximum Gasteiger partial charge on any atom is 0.219 e. The molecule has 2 saturated heterocycles. The van der Waals surface area contributed by atoms with Crippen molar-refractivity contribution in [2.24, 2.45) is 5.41 Å². The van der Waals surface area contributed by atoms with Crippen LogP contribution in [0, 0.1) is 5.41 Å². The average molecular weight is 204 g/mol. The van der Waals surface area contributed by atoms with E-state index in [4.69, 9.17) is 21.7 Å². The van der Waals surface area contributed by atoms with Gasteiger partial charge in [0.1, 0.15) is 0 Å². The first kappa shape index (κ1) is 8.78. The maximum atomic E-state index is 5.47. The van der Waals surface area contributed by atoms with Crippen LogP contribution in [-0.2, 0) is 9.47 Å². The van der Waals surface area contributed by atoms with Crippen LogP contribution in [0.1, 0.15) is 12.8 Å². The number of ether oxygens (including phenoxy) is 2. The van der Waals surface area contributed by atoms with E-state index in [1.165, 1.54) is 24.6 Å². The molecule has 3 fully saturated rings. The molecule has 2 bridgehead atoms. The van der Waals surface area contributed by atoms with Crippen molar-refractivity contribution >= 4 is 28.4 Å². The van der Waals surface area contributed by atoms with E-state index in [9.17, 15) is 0 Å². The monoisotopic (exact) mass is 204 g/mol. The first-order valence-corrected chi connectivity index (χ1v) is 5.70. The van der Waals surface area contributed by atoms with Crippen molar-refractivity contribution in [3.05, 3.63) is 0 Å². The van der Waals surface area contributed by atoms with E-state index in [0.717, 1.165) is 13.2 Å². The Hall–Kier alpha value is 0.200. The van der Waals surface area contributed by atoms with E-state index in [0.29, 0.717) is 15.9 Å². The molecule has 1 aliphatic carbocycles. The van der Waals surface area contributed by atoms with Crippen LogP contribution in [0.5, 0.6) is 0 Å². The molecular formula is C8H12O2S2. The summed E-state index contributed by atoms with van der Waals surface area (Å²) >= 11 is 6.45. The van der Waals surface area contributed by atoms with Gasteiger partial charge in [0.05, 0.1) is 19.3 Å². The third-order valence-corrected chi connectivity index (χ3v) is 3.68. The predicted octanol–water partition coefficient (Wildman–Crippen LogP) is 1.83. The topological polar surface area (TPSA) is 18.5 Å². The predicted molar refractivity (Wildman–Crippen MR) is 53.5 cm³/mol. The van der Waals surface area contributed by atoms with E-state index in [2.05, 4.69) is 0 Å². The molecule has 2 heterocycles. The van der Waals surface area contributed by atoms with Crippen LogP contribution in [0.2, 0.25) is 0 Å². The number of rotatable bonds is 2. The molecule has 0 atom stereocenters. The Balaban J connectivity index is 1.77. The van der Waals surface area contributed by atoms with Crippen molar-refractivity contribution in [1.82, 2.24) is 0 Å². The Bertz CT molecular complexity index is 194. The van der Waals surface area contributed by atoms with Gasteiger partial charge in [0.2, 0.25) is 4.38 Å². The van der Waals surface area contributed by atoms with Gasteiger partial charge >= 0.3 is 0 Å². The van der Waals surface area contributed by atoms with Gasteiger partial charge < -0.3 is 9.47 Å². The van der Waals surface area contributed by atoms with E-state index >= 15 is 0 Å². The summed E-state index contributed by atoms with van der Waals surface area (Å²) in [6, 6.07) is 0. The molecular weight excluding hydrogens is 192 g/mol. The van der Waals surface area contributed by atoms with Crippen molar-refractivity contribution in [3.63, 3.8) is 0 Å². The van der Waals surface area contributed by atoms with Crippen LogP contribution in [0.4, 0.5) is 0 Å². The Morgan fingerprint density at radius 3 is 3.00 bits per heavy atom. The van der Waals surface area contributed by atoms with E-state index < -0.39 is 0 Å². The van der Waals surface area contributed by atoms with Crippen molar-refractivity contribution in [2.75, 3.05) is 19.5 Å². The highest BCUT2D eigenvalue weighted by Gasteiger charge is 2.52. The second kappa shape index (κ2) is 3.16. The smallest absolute Gasteiger partial charge is 0.219 e. The van der Waals surface area contributed by atoms with Gasteiger partial charge in [-0.3, -0.25) is 0 Å². The molecule has 0 aromatic rings. The van der Waals surface area contributed by atoms with Crippen LogP contribution in [-0.4, -0.2) is 30.0 Å². The van der Waals surface area contributed by atoms with Gasteiger partial charge in [-0.2, -0.15) is 0 Å². The molecule has 2 nitrogen and oxygen atoms in total. The number of hydrogen-bond acceptors (Lipinski definition) is 4. The summed E-state index contributed by atoms with van der Waals surface area (Å²) in [5.41, 5.74) is 0.324. The van der Waals surface area contributed by atoms with Gasteiger partial charge in [-0.05, 0) is 31.3 Å². The molecule has 0 amide bonds. The average Bonchev–Trinajstić information content (AvgIpc) is 2.57. The summed E-state index contributed by atoms with van der Waals surface area (Å²) in [5.74, 6) is 0. The van der Waals surface area contributed by atoms with Gasteiger partial charge in [-0.25, -0.2) is 0 Å². The molecule has 0 N–H and O–H groups in total. The summed E-state index contributed by atoms with van der Waals surface area (Å²) < 4.78 is 11.5. The lowest BCUT2D eigenvalue weighted by Crippen LogP contribution is -2.37. The third-order valence-electron chi connectivity index (χ3n) is 2.61. The second-order valence-corrected chi connectivity index (χ2v) is 4.99. The number of fused-ring (bicyclic) bond motifs is 1. The minimum atomic E-state index is 0.324. The van der Waals surface area contributed by atoms with E-state index in [1.54, 1.807) is 0 Å². The van der Waals surface area contributed by atoms with Crippen LogP contribution >= 0.6 is 24.0 Å². The molecule has 0 aromatic heterocycles. The summed E-state index contributed by atoms with van der Waals surface area (Å²) in [4.78, 5) is 0. The van der Waals surface area contributed by atoms with Gasteiger partial charge in [0.15, 0.2) is 0 Å². The second-order valence-electron chi connectivity index (χ2n) is 3.58. The molecule has 12 heavy (non-hydrogen) atoms. The Labute approximate surface area is 82.0 Å². The van der Waals surface area contributed by atoms with Crippen LogP contribution in [0.25, 0.3) is 0 Å². The molecule has 3 aliphatic rings. The van der Waals surface area contributed by atoms with Crippen molar-refractivity contribution in [2.45, 2.75) is 18.9 Å². The van der Waals surface area contributed by atoms with Crippen LogP contribution in [0.3, 0.4) is 0 Å². The number of hydrogen-bond donors (Lipinski definition) is 0. The SMILES string of the molecule is CSC(=S)OCC12COC(C1)C2. The lowest BCUT2D eigenvalue weighted by Gasteiger charge is -2.34. The van der Waals surface area contributed by atoms with Crippen LogP contribution < -0.4 is 0 Å². The van der Waals surface area contributed by atoms with Crippen LogP contribution in [0.15, 0.2) is 0 Å². The first-order valence-electron chi connectivity index (χ1n) is 4.06. The third kappa shape index (κ3) is 1.47. The molecule has 0 spiro atoms. The molecule has 4 heteroatoms. The summed E-state index contributed by atoms with van der Waals surface area (Å²) in [6.45, 7) is 1.62.